The molecule has 0 atom stereocenters. The Morgan fingerprint density at radius 3 is 2.71 bits per heavy atom. The third kappa shape index (κ3) is 5.07. The van der Waals surface area contributed by atoms with E-state index in [2.05, 4.69) is 27.0 Å². The zero-order valence-electron chi connectivity index (χ0n) is 14.2. The van der Waals surface area contributed by atoms with Crippen LogP contribution in [0.4, 0.5) is 5.82 Å². The van der Waals surface area contributed by atoms with Gasteiger partial charge < -0.3 is 15.0 Å². The lowest BCUT2D eigenvalue weighted by Gasteiger charge is -2.31. The molecule has 1 fully saturated rings. The molecule has 1 N–H and O–H groups in total. The fourth-order valence-corrected chi connectivity index (χ4v) is 2.56. The first-order valence-corrected chi connectivity index (χ1v) is 8.16. The molecule has 0 saturated carbocycles. The Kier molecular flexibility index (Phi) is 6.34. The number of esters is 1. The molecule has 0 radical (unpaired) electrons. The standard InChI is InChI=1S/C16H24N4O4/c1-12-6-9-19(10-7-12)13-3-4-15(22)20(18-13)11-14(21)17-8-5-16(23)24-2/h3-4,12H,5-11H2,1-2H3,(H,17,21). The van der Waals surface area contributed by atoms with Crippen LogP contribution in [-0.2, 0) is 20.9 Å². The molecule has 2 heterocycles. The SMILES string of the molecule is COC(=O)CCNC(=O)Cn1nc(N2CCC(C)CC2)ccc1=O. The average Bonchev–Trinajstić information content (AvgIpc) is 2.57. The summed E-state index contributed by atoms with van der Waals surface area (Å²) in [7, 11) is 1.29. The third-order valence-corrected chi connectivity index (χ3v) is 4.13. The number of nitrogens with zero attached hydrogens (tertiary/aromatic N) is 3. The van der Waals surface area contributed by atoms with E-state index in [0.29, 0.717) is 11.7 Å². The van der Waals surface area contributed by atoms with Crippen molar-refractivity contribution in [1.82, 2.24) is 15.1 Å². The molecule has 24 heavy (non-hydrogen) atoms. The Morgan fingerprint density at radius 1 is 1.33 bits per heavy atom. The smallest absolute Gasteiger partial charge is 0.307 e. The van der Waals surface area contributed by atoms with E-state index in [1.807, 2.05) is 0 Å². The minimum Gasteiger partial charge on any atom is -0.469 e. The number of hydrogen-bond donors (Lipinski definition) is 1. The van der Waals surface area contributed by atoms with Crippen molar-refractivity contribution in [2.24, 2.45) is 5.92 Å². The number of anilines is 1. The van der Waals surface area contributed by atoms with Crippen molar-refractivity contribution >= 4 is 17.7 Å². The predicted molar refractivity (Wildman–Crippen MR) is 88.8 cm³/mol. The highest BCUT2D eigenvalue weighted by Crippen LogP contribution is 2.20. The summed E-state index contributed by atoms with van der Waals surface area (Å²) in [6, 6.07) is 3.13. The minimum atomic E-state index is -0.396. The molecule has 0 aliphatic carbocycles. The maximum atomic E-state index is 11.9. The molecule has 0 unspecified atom stereocenters. The van der Waals surface area contributed by atoms with E-state index >= 15 is 0 Å². The van der Waals surface area contributed by atoms with Crippen molar-refractivity contribution in [1.29, 1.82) is 0 Å². The Bertz CT molecular complexity index is 635. The van der Waals surface area contributed by atoms with E-state index in [4.69, 9.17) is 0 Å². The Morgan fingerprint density at radius 2 is 2.04 bits per heavy atom. The van der Waals surface area contributed by atoms with Crippen LogP contribution in [0.5, 0.6) is 0 Å². The first-order valence-electron chi connectivity index (χ1n) is 8.16. The normalized spacial score (nSPS) is 15.2. The summed E-state index contributed by atoms with van der Waals surface area (Å²) in [5, 5.41) is 6.87. The molecule has 8 heteroatoms. The Hall–Kier alpha value is -2.38. The van der Waals surface area contributed by atoms with Crippen LogP contribution < -0.4 is 15.8 Å². The van der Waals surface area contributed by atoms with Crippen molar-refractivity contribution in [3.05, 3.63) is 22.5 Å². The van der Waals surface area contributed by atoms with Gasteiger partial charge in [0.15, 0.2) is 0 Å². The summed E-state index contributed by atoms with van der Waals surface area (Å²) in [6.45, 7) is 4.03. The Balaban J connectivity index is 1.94. The molecular weight excluding hydrogens is 312 g/mol. The molecule has 1 saturated heterocycles. The minimum absolute atomic E-state index is 0.0938. The largest absolute Gasteiger partial charge is 0.469 e. The van der Waals surface area contributed by atoms with Gasteiger partial charge >= 0.3 is 5.97 Å². The molecule has 1 aliphatic rings. The molecule has 1 aromatic heterocycles. The van der Waals surface area contributed by atoms with Crippen molar-refractivity contribution in [3.8, 4) is 0 Å². The topological polar surface area (TPSA) is 93.5 Å². The molecule has 1 aliphatic heterocycles. The van der Waals surface area contributed by atoms with Crippen LogP contribution in [0.2, 0.25) is 0 Å². The van der Waals surface area contributed by atoms with Crippen LogP contribution in [-0.4, -0.2) is 48.4 Å². The summed E-state index contributed by atoms with van der Waals surface area (Å²) in [6.07, 6.45) is 2.28. The van der Waals surface area contributed by atoms with Crippen molar-refractivity contribution < 1.29 is 14.3 Å². The van der Waals surface area contributed by atoms with E-state index in [1.54, 1.807) is 6.07 Å². The Labute approximate surface area is 140 Å². The van der Waals surface area contributed by atoms with Crippen LogP contribution >= 0.6 is 0 Å². The number of ether oxygens (including phenoxy) is 1. The van der Waals surface area contributed by atoms with Crippen LogP contribution in [0.25, 0.3) is 0 Å². The molecule has 2 rings (SSSR count). The van der Waals surface area contributed by atoms with Crippen LogP contribution in [0.1, 0.15) is 26.2 Å². The predicted octanol–water partition coefficient (Wildman–Crippen LogP) is 0.159. The van der Waals surface area contributed by atoms with Gasteiger partial charge in [-0.15, -0.1) is 0 Å². The van der Waals surface area contributed by atoms with Gasteiger partial charge in [0.05, 0.1) is 13.5 Å². The van der Waals surface area contributed by atoms with Gasteiger partial charge in [0, 0.05) is 25.7 Å². The number of carbonyl (C=O) groups is 2. The van der Waals surface area contributed by atoms with Crippen LogP contribution in [0.3, 0.4) is 0 Å². The third-order valence-electron chi connectivity index (χ3n) is 4.13. The van der Waals surface area contributed by atoms with Crippen molar-refractivity contribution in [2.45, 2.75) is 32.7 Å². The highest BCUT2D eigenvalue weighted by atomic mass is 16.5. The summed E-state index contributed by atoms with van der Waals surface area (Å²) in [5.41, 5.74) is -0.327. The molecule has 132 valence electrons. The molecule has 0 spiro atoms. The van der Waals surface area contributed by atoms with Crippen molar-refractivity contribution in [3.63, 3.8) is 0 Å². The monoisotopic (exact) mass is 336 g/mol. The lowest BCUT2D eigenvalue weighted by atomic mass is 9.99. The first kappa shape index (κ1) is 18.0. The average molecular weight is 336 g/mol. The molecule has 1 aromatic rings. The summed E-state index contributed by atoms with van der Waals surface area (Å²) in [4.78, 5) is 36.9. The maximum Gasteiger partial charge on any atom is 0.307 e. The van der Waals surface area contributed by atoms with Gasteiger partial charge in [0.25, 0.3) is 5.56 Å². The van der Waals surface area contributed by atoms with E-state index in [-0.39, 0.29) is 31.0 Å². The van der Waals surface area contributed by atoms with Gasteiger partial charge in [-0.25, -0.2) is 4.68 Å². The first-order chi connectivity index (χ1) is 11.5. The molecule has 8 nitrogen and oxygen atoms in total. The van der Waals surface area contributed by atoms with Gasteiger partial charge in [-0.1, -0.05) is 6.92 Å². The lowest BCUT2D eigenvalue weighted by molar-refractivity contribution is -0.140. The number of carbonyl (C=O) groups excluding carboxylic acids is 2. The van der Waals surface area contributed by atoms with E-state index in [0.717, 1.165) is 30.6 Å². The molecule has 0 bridgehead atoms. The summed E-state index contributed by atoms with van der Waals surface area (Å²) in [5.74, 6) is 0.654. The second kappa shape index (κ2) is 8.47. The number of rotatable bonds is 6. The van der Waals surface area contributed by atoms with Gasteiger partial charge in [-0.2, -0.15) is 5.10 Å². The van der Waals surface area contributed by atoms with Crippen LogP contribution in [0, 0.1) is 5.92 Å². The number of nitrogens with one attached hydrogen (secondary N) is 1. The fraction of sp³-hybridized carbons (Fsp3) is 0.625. The lowest BCUT2D eigenvalue weighted by Crippen LogP contribution is -2.37. The van der Waals surface area contributed by atoms with Gasteiger partial charge in [-0.3, -0.25) is 14.4 Å². The maximum absolute atomic E-state index is 11.9. The number of methoxy groups -OCH3 is 1. The number of amides is 1. The zero-order chi connectivity index (χ0) is 17.5. The van der Waals surface area contributed by atoms with Gasteiger partial charge in [-0.05, 0) is 24.8 Å². The van der Waals surface area contributed by atoms with Crippen molar-refractivity contribution in [2.75, 3.05) is 31.6 Å². The molecule has 0 aromatic carbocycles. The summed E-state index contributed by atoms with van der Waals surface area (Å²) < 4.78 is 5.65. The second-order valence-electron chi connectivity index (χ2n) is 6.03. The number of aromatic nitrogens is 2. The second-order valence-corrected chi connectivity index (χ2v) is 6.03. The van der Waals surface area contributed by atoms with Gasteiger partial charge in [0.2, 0.25) is 5.91 Å². The zero-order valence-corrected chi connectivity index (χ0v) is 14.2. The van der Waals surface area contributed by atoms with Crippen LogP contribution in [0.15, 0.2) is 16.9 Å². The molecule has 1 amide bonds. The highest BCUT2D eigenvalue weighted by Gasteiger charge is 2.18. The fourth-order valence-electron chi connectivity index (χ4n) is 2.56. The quantitative estimate of drug-likeness (QED) is 0.744. The van der Waals surface area contributed by atoms with E-state index in [1.165, 1.54) is 13.2 Å². The number of piperidine rings is 1. The highest BCUT2D eigenvalue weighted by molar-refractivity contribution is 5.76. The van der Waals surface area contributed by atoms with Gasteiger partial charge in [0.1, 0.15) is 12.4 Å². The summed E-state index contributed by atoms with van der Waals surface area (Å²) >= 11 is 0. The van der Waals surface area contributed by atoms with E-state index in [9.17, 15) is 14.4 Å². The van der Waals surface area contributed by atoms with E-state index < -0.39 is 5.97 Å². The molecular formula is C16H24N4O4. The number of hydrogen-bond acceptors (Lipinski definition) is 6.